The van der Waals surface area contributed by atoms with E-state index < -0.39 is 10.0 Å². The molecule has 0 spiro atoms. The van der Waals surface area contributed by atoms with Crippen LogP contribution in [0.5, 0.6) is 0 Å². The minimum atomic E-state index is -3.54. The van der Waals surface area contributed by atoms with Gasteiger partial charge in [0.25, 0.3) is 0 Å². The molecule has 0 aliphatic heterocycles. The number of hydrogen-bond acceptors (Lipinski definition) is 4. The van der Waals surface area contributed by atoms with Gasteiger partial charge in [0.2, 0.25) is 15.3 Å². The molecular weight excluding hydrogens is 298 g/mol. The molecule has 1 saturated carbocycles. The fourth-order valence-corrected chi connectivity index (χ4v) is 4.00. The monoisotopic (exact) mass is 317 g/mol. The normalized spacial score (nSPS) is 23.7. The zero-order valence-electron chi connectivity index (χ0n) is 11.5. The molecule has 7 heteroatoms. The van der Waals surface area contributed by atoms with E-state index in [4.69, 9.17) is 11.6 Å². The van der Waals surface area contributed by atoms with Crippen LogP contribution in [-0.2, 0) is 10.0 Å². The summed E-state index contributed by atoms with van der Waals surface area (Å²) >= 11 is 5.56. The lowest BCUT2D eigenvalue weighted by Gasteiger charge is -2.28. The van der Waals surface area contributed by atoms with Gasteiger partial charge in [0.05, 0.1) is 12.4 Å². The van der Waals surface area contributed by atoms with Gasteiger partial charge in [-0.05, 0) is 43.2 Å². The SMILES string of the molecule is CCCC1CCC(NS(=O)(=O)c2cnc(Cl)nc2)CC1. The first-order valence-corrected chi connectivity index (χ1v) is 8.87. The van der Waals surface area contributed by atoms with Crippen LogP contribution in [0, 0.1) is 5.92 Å². The molecule has 2 rings (SSSR count). The molecule has 0 radical (unpaired) electrons. The summed E-state index contributed by atoms with van der Waals surface area (Å²) in [4.78, 5) is 7.49. The number of hydrogen-bond donors (Lipinski definition) is 1. The molecule has 0 atom stereocenters. The second-order valence-corrected chi connectivity index (χ2v) is 7.37. The van der Waals surface area contributed by atoms with Gasteiger partial charge in [-0.15, -0.1) is 0 Å². The zero-order valence-corrected chi connectivity index (χ0v) is 13.1. The Bertz CT molecular complexity index is 525. The van der Waals surface area contributed by atoms with E-state index in [1.807, 2.05) is 0 Å². The molecule has 0 aromatic carbocycles. The average Bonchev–Trinajstić information content (AvgIpc) is 2.41. The van der Waals surface area contributed by atoms with Gasteiger partial charge in [-0.3, -0.25) is 0 Å². The second-order valence-electron chi connectivity index (χ2n) is 5.32. The molecule has 1 fully saturated rings. The van der Waals surface area contributed by atoms with Crippen LogP contribution in [0.4, 0.5) is 0 Å². The molecule has 0 unspecified atom stereocenters. The number of aromatic nitrogens is 2. The van der Waals surface area contributed by atoms with E-state index in [1.54, 1.807) is 0 Å². The molecule has 1 heterocycles. The molecule has 1 aliphatic carbocycles. The quantitative estimate of drug-likeness (QED) is 0.848. The van der Waals surface area contributed by atoms with E-state index in [9.17, 15) is 8.42 Å². The molecular formula is C13H20ClN3O2S. The van der Waals surface area contributed by atoms with Gasteiger partial charge in [-0.2, -0.15) is 0 Å². The number of rotatable bonds is 5. The summed E-state index contributed by atoms with van der Waals surface area (Å²) in [6.45, 7) is 2.19. The van der Waals surface area contributed by atoms with Crippen molar-refractivity contribution >= 4 is 21.6 Å². The van der Waals surface area contributed by atoms with E-state index in [-0.39, 0.29) is 16.2 Å². The molecule has 1 aromatic rings. The molecule has 1 aliphatic rings. The Morgan fingerprint density at radius 3 is 2.40 bits per heavy atom. The van der Waals surface area contributed by atoms with Crippen molar-refractivity contribution in [3.63, 3.8) is 0 Å². The average molecular weight is 318 g/mol. The predicted octanol–water partition coefficient (Wildman–Crippen LogP) is 2.77. The van der Waals surface area contributed by atoms with Crippen LogP contribution in [0.3, 0.4) is 0 Å². The molecule has 0 saturated heterocycles. The number of nitrogens with zero attached hydrogens (tertiary/aromatic N) is 2. The Kier molecular flexibility index (Phi) is 5.35. The summed E-state index contributed by atoms with van der Waals surface area (Å²) in [5, 5.41) is 0.0454. The van der Waals surface area contributed by atoms with Crippen molar-refractivity contribution < 1.29 is 8.42 Å². The summed E-state index contributed by atoms with van der Waals surface area (Å²) in [6, 6.07) is 0.0174. The predicted molar refractivity (Wildman–Crippen MR) is 78.0 cm³/mol. The summed E-state index contributed by atoms with van der Waals surface area (Å²) < 4.78 is 27.1. The Balaban J connectivity index is 1.94. The topological polar surface area (TPSA) is 72.0 Å². The maximum absolute atomic E-state index is 12.2. The van der Waals surface area contributed by atoms with Crippen molar-refractivity contribution in [1.29, 1.82) is 0 Å². The van der Waals surface area contributed by atoms with E-state index >= 15 is 0 Å². The minimum Gasteiger partial charge on any atom is -0.225 e. The first-order chi connectivity index (χ1) is 9.51. The standard InChI is InChI=1S/C13H20ClN3O2S/c1-2-3-10-4-6-11(7-5-10)17-20(18,19)12-8-15-13(14)16-9-12/h8-11,17H,2-7H2,1H3. The first kappa shape index (κ1) is 15.7. The summed E-state index contributed by atoms with van der Waals surface area (Å²) in [5.74, 6) is 0.750. The van der Waals surface area contributed by atoms with Gasteiger partial charge >= 0.3 is 0 Å². The fourth-order valence-electron chi connectivity index (χ4n) is 2.70. The molecule has 1 aromatic heterocycles. The van der Waals surface area contributed by atoms with Gasteiger partial charge < -0.3 is 0 Å². The van der Waals surface area contributed by atoms with Crippen molar-refractivity contribution in [2.45, 2.75) is 56.4 Å². The molecule has 0 amide bonds. The van der Waals surface area contributed by atoms with Crippen molar-refractivity contribution in [2.24, 2.45) is 5.92 Å². The van der Waals surface area contributed by atoms with Gasteiger partial charge in [0.1, 0.15) is 4.90 Å². The minimum absolute atomic E-state index is 0.0174. The Labute approximate surface area is 125 Å². The highest BCUT2D eigenvalue weighted by Gasteiger charge is 2.25. The number of nitrogens with one attached hydrogen (secondary N) is 1. The first-order valence-electron chi connectivity index (χ1n) is 7.01. The van der Waals surface area contributed by atoms with Gasteiger partial charge in [0, 0.05) is 6.04 Å². The van der Waals surface area contributed by atoms with Crippen LogP contribution in [0.15, 0.2) is 17.3 Å². The van der Waals surface area contributed by atoms with Crippen LogP contribution < -0.4 is 4.72 Å². The lowest BCUT2D eigenvalue weighted by molar-refractivity contribution is 0.297. The summed E-state index contributed by atoms with van der Waals surface area (Å²) in [6.07, 6.45) is 8.90. The Hall–Kier alpha value is -0.720. The lowest BCUT2D eigenvalue weighted by Crippen LogP contribution is -2.37. The third-order valence-corrected chi connectivity index (χ3v) is 5.44. The molecule has 20 heavy (non-hydrogen) atoms. The molecule has 0 bridgehead atoms. The van der Waals surface area contributed by atoms with E-state index in [1.165, 1.54) is 25.2 Å². The largest absolute Gasteiger partial charge is 0.243 e. The van der Waals surface area contributed by atoms with Crippen molar-refractivity contribution in [3.8, 4) is 0 Å². The third kappa shape index (κ3) is 4.14. The second kappa shape index (κ2) is 6.83. The Morgan fingerprint density at radius 1 is 1.25 bits per heavy atom. The van der Waals surface area contributed by atoms with Crippen LogP contribution in [0.25, 0.3) is 0 Å². The summed E-state index contributed by atoms with van der Waals surface area (Å²) in [5.41, 5.74) is 0. The molecule has 5 nitrogen and oxygen atoms in total. The third-order valence-electron chi connectivity index (χ3n) is 3.77. The van der Waals surface area contributed by atoms with Crippen LogP contribution in [0.1, 0.15) is 45.4 Å². The van der Waals surface area contributed by atoms with E-state index in [0.717, 1.165) is 31.6 Å². The number of sulfonamides is 1. The molecule has 112 valence electrons. The maximum Gasteiger partial charge on any atom is 0.243 e. The van der Waals surface area contributed by atoms with E-state index in [0.29, 0.717) is 0 Å². The Morgan fingerprint density at radius 2 is 1.85 bits per heavy atom. The van der Waals surface area contributed by atoms with Gasteiger partial charge in [-0.1, -0.05) is 19.8 Å². The van der Waals surface area contributed by atoms with Crippen molar-refractivity contribution in [2.75, 3.05) is 0 Å². The van der Waals surface area contributed by atoms with Gasteiger partial charge in [-0.25, -0.2) is 23.1 Å². The highest BCUT2D eigenvalue weighted by atomic mass is 35.5. The summed E-state index contributed by atoms with van der Waals surface area (Å²) in [7, 11) is -3.54. The maximum atomic E-state index is 12.2. The van der Waals surface area contributed by atoms with Crippen LogP contribution in [0.2, 0.25) is 5.28 Å². The van der Waals surface area contributed by atoms with Crippen molar-refractivity contribution in [3.05, 3.63) is 17.7 Å². The highest BCUT2D eigenvalue weighted by molar-refractivity contribution is 7.89. The zero-order chi connectivity index (χ0) is 14.6. The lowest BCUT2D eigenvalue weighted by atomic mass is 9.84. The van der Waals surface area contributed by atoms with Gasteiger partial charge in [0.15, 0.2) is 0 Å². The van der Waals surface area contributed by atoms with Crippen LogP contribution in [-0.4, -0.2) is 24.4 Å². The fraction of sp³-hybridized carbons (Fsp3) is 0.692. The number of halogens is 1. The smallest absolute Gasteiger partial charge is 0.225 e. The van der Waals surface area contributed by atoms with Crippen LogP contribution >= 0.6 is 11.6 Å². The van der Waals surface area contributed by atoms with Crippen molar-refractivity contribution in [1.82, 2.24) is 14.7 Å². The van der Waals surface area contributed by atoms with E-state index in [2.05, 4.69) is 21.6 Å². The molecule has 1 N–H and O–H groups in total. The highest BCUT2D eigenvalue weighted by Crippen LogP contribution is 2.28.